The van der Waals surface area contributed by atoms with Gasteiger partial charge < -0.3 is 26.2 Å². The summed E-state index contributed by atoms with van der Waals surface area (Å²) in [4.78, 5) is 43.7. The number of hydrogen-bond acceptors (Lipinski definition) is 9. The molecule has 0 unspecified atom stereocenters. The molecule has 0 fully saturated rings. The molecule has 2 rings (SSSR count). The second kappa shape index (κ2) is 13.2. The number of thioether (sulfide) groups is 1. The molecule has 196 valence electrons. The Bertz CT molecular complexity index is 1100. The molecule has 0 saturated heterocycles. The number of carbonyl (C=O) groups is 3. The lowest BCUT2D eigenvalue weighted by Crippen LogP contribution is -2.32. The zero-order chi connectivity index (χ0) is 26.9. The SMILES string of the molecule is Cc1cc(C)c(-c2cc(SCCNC(=O)CCCNCC(=O)OC(C)(C)C)nc(N)n2)cc1C(=O)O. The molecule has 0 bridgehead atoms. The molecule has 0 aliphatic carbocycles. The Labute approximate surface area is 215 Å². The van der Waals surface area contributed by atoms with Crippen molar-refractivity contribution < 1.29 is 24.2 Å². The number of hydrogen-bond donors (Lipinski definition) is 4. The van der Waals surface area contributed by atoms with Crippen LogP contribution in [0, 0.1) is 13.8 Å². The lowest BCUT2D eigenvalue weighted by atomic mass is 9.98. The molecule has 1 heterocycles. The van der Waals surface area contributed by atoms with Crippen LogP contribution in [0.4, 0.5) is 5.95 Å². The zero-order valence-corrected chi connectivity index (χ0v) is 22.3. The normalized spacial score (nSPS) is 11.2. The average Bonchev–Trinajstić information content (AvgIpc) is 2.74. The van der Waals surface area contributed by atoms with Crippen LogP contribution in [0.5, 0.6) is 0 Å². The number of aryl methyl sites for hydroxylation is 2. The fourth-order valence-corrected chi connectivity index (χ4v) is 4.16. The number of carboxylic acid groups (broad SMARTS) is 1. The predicted octanol–water partition coefficient (Wildman–Crippen LogP) is 2.96. The van der Waals surface area contributed by atoms with Gasteiger partial charge in [0.25, 0.3) is 0 Å². The molecule has 0 aliphatic heterocycles. The number of nitrogen functional groups attached to an aromatic ring is 1. The van der Waals surface area contributed by atoms with Gasteiger partial charge in [0.2, 0.25) is 11.9 Å². The number of nitrogens with one attached hydrogen (secondary N) is 2. The first-order valence-electron chi connectivity index (χ1n) is 11.7. The number of aromatic carboxylic acids is 1. The Balaban J connectivity index is 1.79. The number of nitrogens with two attached hydrogens (primary N) is 1. The second-order valence-electron chi connectivity index (χ2n) is 9.30. The van der Waals surface area contributed by atoms with Gasteiger partial charge in [-0.2, -0.15) is 0 Å². The lowest BCUT2D eigenvalue weighted by molar-refractivity contribution is -0.153. The van der Waals surface area contributed by atoms with E-state index < -0.39 is 11.6 Å². The number of carboxylic acids is 1. The lowest BCUT2D eigenvalue weighted by Gasteiger charge is -2.19. The number of esters is 1. The number of ether oxygens (including phenoxy) is 1. The van der Waals surface area contributed by atoms with E-state index in [4.69, 9.17) is 10.5 Å². The minimum Gasteiger partial charge on any atom is -0.478 e. The van der Waals surface area contributed by atoms with Crippen molar-refractivity contribution in [2.75, 3.05) is 31.1 Å². The molecule has 2 aromatic rings. The number of nitrogens with zero attached hydrogens (tertiary/aromatic N) is 2. The van der Waals surface area contributed by atoms with Crippen LogP contribution in [0.25, 0.3) is 11.3 Å². The van der Waals surface area contributed by atoms with E-state index in [1.54, 1.807) is 19.1 Å². The molecule has 36 heavy (non-hydrogen) atoms. The van der Waals surface area contributed by atoms with Gasteiger partial charge >= 0.3 is 11.9 Å². The third-order valence-corrected chi connectivity index (χ3v) is 5.83. The Morgan fingerprint density at radius 2 is 1.81 bits per heavy atom. The van der Waals surface area contributed by atoms with E-state index in [9.17, 15) is 19.5 Å². The molecule has 0 saturated carbocycles. The topological polar surface area (TPSA) is 157 Å². The Hall–Kier alpha value is -3.18. The van der Waals surface area contributed by atoms with E-state index in [1.165, 1.54) is 11.8 Å². The summed E-state index contributed by atoms with van der Waals surface area (Å²) in [7, 11) is 0. The summed E-state index contributed by atoms with van der Waals surface area (Å²) >= 11 is 1.42. The minimum absolute atomic E-state index is 0.0750. The highest BCUT2D eigenvalue weighted by Crippen LogP contribution is 2.28. The van der Waals surface area contributed by atoms with Crippen molar-refractivity contribution in [1.82, 2.24) is 20.6 Å². The highest BCUT2D eigenvalue weighted by molar-refractivity contribution is 7.99. The fourth-order valence-electron chi connectivity index (χ4n) is 3.39. The van der Waals surface area contributed by atoms with Crippen LogP contribution in [-0.4, -0.2) is 63.9 Å². The molecule has 0 radical (unpaired) electrons. The Morgan fingerprint density at radius 3 is 2.47 bits per heavy atom. The van der Waals surface area contributed by atoms with Crippen molar-refractivity contribution in [3.05, 3.63) is 34.9 Å². The van der Waals surface area contributed by atoms with Crippen molar-refractivity contribution in [3.63, 3.8) is 0 Å². The number of aromatic nitrogens is 2. The van der Waals surface area contributed by atoms with Gasteiger partial charge in [-0.3, -0.25) is 9.59 Å². The summed E-state index contributed by atoms with van der Waals surface area (Å²) in [5.41, 5.74) is 8.39. The van der Waals surface area contributed by atoms with Crippen LogP contribution < -0.4 is 16.4 Å². The van der Waals surface area contributed by atoms with E-state index >= 15 is 0 Å². The van der Waals surface area contributed by atoms with E-state index in [-0.39, 0.29) is 29.9 Å². The maximum Gasteiger partial charge on any atom is 0.335 e. The number of carbonyl (C=O) groups excluding carboxylic acids is 2. The van der Waals surface area contributed by atoms with Crippen LogP contribution in [0.2, 0.25) is 0 Å². The van der Waals surface area contributed by atoms with Gasteiger partial charge in [-0.1, -0.05) is 6.07 Å². The summed E-state index contributed by atoms with van der Waals surface area (Å²) in [6.45, 7) is 10.2. The monoisotopic (exact) mass is 517 g/mol. The summed E-state index contributed by atoms with van der Waals surface area (Å²) in [5, 5.41) is 15.9. The van der Waals surface area contributed by atoms with E-state index in [0.29, 0.717) is 53.5 Å². The first-order chi connectivity index (χ1) is 16.9. The molecule has 1 aromatic carbocycles. The molecule has 1 amide bonds. The van der Waals surface area contributed by atoms with Gasteiger partial charge in [-0.05, 0) is 70.8 Å². The third-order valence-electron chi connectivity index (χ3n) is 4.92. The van der Waals surface area contributed by atoms with E-state index in [1.807, 2.05) is 33.8 Å². The van der Waals surface area contributed by atoms with Crippen LogP contribution in [0.15, 0.2) is 23.2 Å². The maximum atomic E-state index is 12.1. The van der Waals surface area contributed by atoms with Gasteiger partial charge in [0.15, 0.2) is 0 Å². The number of anilines is 1. The zero-order valence-electron chi connectivity index (χ0n) is 21.4. The quantitative estimate of drug-likeness (QED) is 0.143. The molecule has 11 heteroatoms. The van der Waals surface area contributed by atoms with Gasteiger partial charge in [-0.25, -0.2) is 14.8 Å². The molecule has 10 nitrogen and oxygen atoms in total. The van der Waals surface area contributed by atoms with Crippen molar-refractivity contribution in [2.24, 2.45) is 0 Å². The molecule has 1 aromatic heterocycles. The van der Waals surface area contributed by atoms with E-state index in [2.05, 4.69) is 20.6 Å². The van der Waals surface area contributed by atoms with Crippen LogP contribution in [0.3, 0.4) is 0 Å². The fraction of sp³-hybridized carbons (Fsp3) is 0.480. The first kappa shape index (κ1) is 29.1. The van der Waals surface area contributed by atoms with Crippen molar-refractivity contribution >= 4 is 35.6 Å². The van der Waals surface area contributed by atoms with Gasteiger partial charge in [0.05, 0.1) is 17.8 Å². The second-order valence-corrected chi connectivity index (χ2v) is 10.4. The Morgan fingerprint density at radius 1 is 1.08 bits per heavy atom. The highest BCUT2D eigenvalue weighted by atomic mass is 32.2. The maximum absolute atomic E-state index is 12.1. The largest absolute Gasteiger partial charge is 0.478 e. The molecular weight excluding hydrogens is 482 g/mol. The van der Waals surface area contributed by atoms with Crippen molar-refractivity contribution in [3.8, 4) is 11.3 Å². The van der Waals surface area contributed by atoms with Crippen LogP contribution >= 0.6 is 11.8 Å². The van der Waals surface area contributed by atoms with Crippen LogP contribution in [-0.2, 0) is 14.3 Å². The third kappa shape index (κ3) is 9.82. The average molecular weight is 518 g/mol. The number of rotatable bonds is 12. The van der Waals surface area contributed by atoms with Gasteiger partial charge in [0, 0.05) is 24.3 Å². The van der Waals surface area contributed by atoms with E-state index in [0.717, 1.165) is 5.56 Å². The van der Waals surface area contributed by atoms with Crippen molar-refractivity contribution in [1.29, 1.82) is 0 Å². The van der Waals surface area contributed by atoms with Gasteiger partial charge in [-0.15, -0.1) is 11.8 Å². The number of benzene rings is 1. The molecule has 0 aliphatic rings. The molecule has 0 atom stereocenters. The molecular formula is C25H35N5O5S. The minimum atomic E-state index is -1.00. The summed E-state index contributed by atoms with van der Waals surface area (Å²) < 4.78 is 5.21. The smallest absolute Gasteiger partial charge is 0.335 e. The summed E-state index contributed by atoms with van der Waals surface area (Å²) in [6.07, 6.45) is 0.941. The molecule has 0 spiro atoms. The van der Waals surface area contributed by atoms with Crippen LogP contribution in [0.1, 0.15) is 55.1 Å². The van der Waals surface area contributed by atoms with Gasteiger partial charge in [0.1, 0.15) is 10.6 Å². The predicted molar refractivity (Wildman–Crippen MR) is 140 cm³/mol. The Kier molecular flexibility index (Phi) is 10.7. The highest BCUT2D eigenvalue weighted by Gasteiger charge is 2.16. The first-order valence-corrected chi connectivity index (χ1v) is 12.7. The molecule has 5 N–H and O–H groups in total. The summed E-state index contributed by atoms with van der Waals surface area (Å²) in [5.74, 6) is -0.729. The number of amides is 1. The standard InChI is InChI=1S/C25H35N5O5S/c1-15-11-16(2)18(23(33)34)12-17(15)19-13-21(30-24(26)29-19)36-10-9-28-20(31)7-6-8-27-14-22(32)35-25(3,4)5/h11-13,27H,6-10,14H2,1-5H3,(H,28,31)(H,33,34)(H2,26,29,30). The van der Waals surface area contributed by atoms with Crippen molar-refractivity contribution in [2.45, 2.75) is 58.1 Å². The summed E-state index contributed by atoms with van der Waals surface area (Å²) in [6, 6.07) is 5.18.